The van der Waals surface area contributed by atoms with E-state index in [-0.39, 0.29) is 24.4 Å². The number of likely N-dealkylation sites (tertiary alicyclic amines) is 1. The number of amides is 1. The number of benzene rings is 1. The SMILES string of the molecule is CC1C(N)CCN1C(=O)Cc1ccc(F)c(F)c1. The molecule has 1 aliphatic heterocycles. The maximum atomic E-state index is 13.0. The monoisotopic (exact) mass is 254 g/mol. The first-order valence-electron chi connectivity index (χ1n) is 5.98. The van der Waals surface area contributed by atoms with E-state index in [2.05, 4.69) is 0 Å². The van der Waals surface area contributed by atoms with Gasteiger partial charge in [-0.1, -0.05) is 6.07 Å². The Labute approximate surface area is 105 Å². The van der Waals surface area contributed by atoms with Gasteiger partial charge >= 0.3 is 0 Å². The van der Waals surface area contributed by atoms with Crippen LogP contribution in [0.25, 0.3) is 0 Å². The summed E-state index contributed by atoms with van der Waals surface area (Å²) in [4.78, 5) is 13.7. The van der Waals surface area contributed by atoms with Crippen LogP contribution in [0.15, 0.2) is 18.2 Å². The van der Waals surface area contributed by atoms with E-state index >= 15 is 0 Å². The molecule has 0 aliphatic carbocycles. The Balaban J connectivity index is 2.05. The maximum Gasteiger partial charge on any atom is 0.227 e. The molecule has 2 rings (SSSR count). The smallest absolute Gasteiger partial charge is 0.227 e. The maximum absolute atomic E-state index is 13.0. The summed E-state index contributed by atoms with van der Waals surface area (Å²) in [6, 6.07) is 3.53. The summed E-state index contributed by atoms with van der Waals surface area (Å²) in [5, 5.41) is 0. The first-order chi connectivity index (χ1) is 8.49. The van der Waals surface area contributed by atoms with Gasteiger partial charge in [0.05, 0.1) is 6.42 Å². The van der Waals surface area contributed by atoms with Crippen molar-refractivity contribution in [3.05, 3.63) is 35.4 Å². The number of halogens is 2. The summed E-state index contributed by atoms with van der Waals surface area (Å²) in [6.07, 6.45) is 0.860. The van der Waals surface area contributed by atoms with Crippen molar-refractivity contribution >= 4 is 5.91 Å². The zero-order valence-electron chi connectivity index (χ0n) is 10.2. The number of nitrogens with zero attached hydrogens (tertiary/aromatic N) is 1. The zero-order valence-corrected chi connectivity index (χ0v) is 10.2. The third kappa shape index (κ3) is 2.51. The number of rotatable bonds is 2. The van der Waals surface area contributed by atoms with Gasteiger partial charge in [-0.15, -0.1) is 0 Å². The van der Waals surface area contributed by atoms with E-state index in [4.69, 9.17) is 5.73 Å². The highest BCUT2D eigenvalue weighted by molar-refractivity contribution is 5.79. The van der Waals surface area contributed by atoms with Gasteiger partial charge in [-0.05, 0) is 31.0 Å². The summed E-state index contributed by atoms with van der Waals surface area (Å²) in [6.45, 7) is 2.53. The minimum absolute atomic E-state index is 0.00101. The van der Waals surface area contributed by atoms with Gasteiger partial charge in [0.15, 0.2) is 11.6 Å². The first kappa shape index (κ1) is 13.0. The van der Waals surface area contributed by atoms with Crippen LogP contribution in [0, 0.1) is 11.6 Å². The van der Waals surface area contributed by atoms with E-state index in [0.717, 1.165) is 18.6 Å². The second kappa shape index (κ2) is 5.02. The first-order valence-corrected chi connectivity index (χ1v) is 5.98. The van der Waals surface area contributed by atoms with E-state index in [0.29, 0.717) is 12.1 Å². The molecule has 2 atom stereocenters. The predicted molar refractivity (Wildman–Crippen MR) is 63.8 cm³/mol. The molecule has 98 valence electrons. The molecule has 2 unspecified atom stereocenters. The van der Waals surface area contributed by atoms with Crippen LogP contribution in [0.4, 0.5) is 8.78 Å². The van der Waals surface area contributed by atoms with Crippen molar-refractivity contribution < 1.29 is 13.6 Å². The number of hydrogen-bond acceptors (Lipinski definition) is 2. The molecule has 0 bridgehead atoms. The molecule has 0 spiro atoms. The fourth-order valence-corrected chi connectivity index (χ4v) is 2.24. The molecule has 0 saturated carbocycles. The standard InChI is InChI=1S/C13H16F2N2O/c1-8-12(16)4-5-17(8)13(18)7-9-2-3-10(14)11(15)6-9/h2-3,6,8,12H,4-5,7,16H2,1H3. The highest BCUT2D eigenvalue weighted by atomic mass is 19.2. The minimum Gasteiger partial charge on any atom is -0.338 e. The van der Waals surface area contributed by atoms with Gasteiger partial charge in [0.1, 0.15) is 0 Å². The van der Waals surface area contributed by atoms with Crippen molar-refractivity contribution in [2.24, 2.45) is 5.73 Å². The van der Waals surface area contributed by atoms with Crippen LogP contribution in [0.2, 0.25) is 0 Å². The van der Waals surface area contributed by atoms with Gasteiger partial charge in [-0.2, -0.15) is 0 Å². The van der Waals surface area contributed by atoms with Gasteiger partial charge in [-0.25, -0.2) is 8.78 Å². The lowest BCUT2D eigenvalue weighted by Gasteiger charge is -2.23. The lowest BCUT2D eigenvalue weighted by Crippen LogP contribution is -2.41. The Bertz CT molecular complexity index is 464. The fourth-order valence-electron chi connectivity index (χ4n) is 2.24. The van der Waals surface area contributed by atoms with Gasteiger partial charge in [0, 0.05) is 18.6 Å². The van der Waals surface area contributed by atoms with E-state index in [1.165, 1.54) is 6.07 Å². The minimum atomic E-state index is -0.925. The van der Waals surface area contributed by atoms with Gasteiger partial charge in [-0.3, -0.25) is 4.79 Å². The van der Waals surface area contributed by atoms with Crippen molar-refractivity contribution in [2.45, 2.75) is 31.8 Å². The normalized spacial score (nSPS) is 23.4. The molecule has 1 fully saturated rings. The van der Waals surface area contributed by atoms with Crippen molar-refractivity contribution in [2.75, 3.05) is 6.54 Å². The molecule has 18 heavy (non-hydrogen) atoms. The van der Waals surface area contributed by atoms with E-state index in [1.54, 1.807) is 4.90 Å². The molecule has 1 heterocycles. The van der Waals surface area contributed by atoms with E-state index < -0.39 is 11.6 Å². The molecule has 5 heteroatoms. The van der Waals surface area contributed by atoms with Crippen molar-refractivity contribution in [3.63, 3.8) is 0 Å². The Kier molecular flexibility index (Phi) is 3.61. The molecule has 1 aromatic carbocycles. The number of carbonyl (C=O) groups excluding carboxylic acids is 1. The van der Waals surface area contributed by atoms with E-state index in [1.807, 2.05) is 6.92 Å². The molecular formula is C13H16F2N2O. The molecule has 2 N–H and O–H groups in total. The van der Waals surface area contributed by atoms with Crippen LogP contribution in [0.1, 0.15) is 18.9 Å². The Morgan fingerprint density at radius 1 is 1.44 bits per heavy atom. The number of carbonyl (C=O) groups is 1. The summed E-state index contributed by atoms with van der Waals surface area (Å²) in [5.41, 5.74) is 6.32. The average molecular weight is 254 g/mol. The highest BCUT2D eigenvalue weighted by Gasteiger charge is 2.31. The van der Waals surface area contributed by atoms with E-state index in [9.17, 15) is 13.6 Å². The van der Waals surface area contributed by atoms with Gasteiger partial charge in [0.25, 0.3) is 0 Å². The highest BCUT2D eigenvalue weighted by Crippen LogP contribution is 2.18. The summed E-state index contributed by atoms with van der Waals surface area (Å²) in [7, 11) is 0. The van der Waals surface area contributed by atoms with Crippen LogP contribution in [-0.4, -0.2) is 29.4 Å². The van der Waals surface area contributed by atoms with Crippen LogP contribution in [0.5, 0.6) is 0 Å². The summed E-state index contributed by atoms with van der Waals surface area (Å²) in [5.74, 6) is -1.92. The topological polar surface area (TPSA) is 46.3 Å². The number of nitrogens with two attached hydrogens (primary N) is 1. The lowest BCUT2D eigenvalue weighted by atomic mass is 10.1. The third-order valence-electron chi connectivity index (χ3n) is 3.47. The number of hydrogen-bond donors (Lipinski definition) is 1. The molecule has 1 saturated heterocycles. The van der Waals surface area contributed by atoms with Gasteiger partial charge in [0.2, 0.25) is 5.91 Å². The molecular weight excluding hydrogens is 238 g/mol. The van der Waals surface area contributed by atoms with Crippen molar-refractivity contribution in [3.8, 4) is 0 Å². The zero-order chi connectivity index (χ0) is 13.3. The third-order valence-corrected chi connectivity index (χ3v) is 3.47. The summed E-state index contributed by atoms with van der Waals surface area (Å²) >= 11 is 0. The molecule has 1 aliphatic rings. The van der Waals surface area contributed by atoms with Crippen molar-refractivity contribution in [1.82, 2.24) is 4.90 Å². The van der Waals surface area contributed by atoms with Crippen molar-refractivity contribution in [1.29, 1.82) is 0 Å². The average Bonchev–Trinajstić information content (AvgIpc) is 2.65. The molecule has 1 amide bonds. The van der Waals surface area contributed by atoms with Gasteiger partial charge < -0.3 is 10.6 Å². The lowest BCUT2D eigenvalue weighted by molar-refractivity contribution is -0.131. The summed E-state index contributed by atoms with van der Waals surface area (Å²) < 4.78 is 25.8. The quantitative estimate of drug-likeness (QED) is 0.868. The second-order valence-corrected chi connectivity index (χ2v) is 4.71. The Hall–Kier alpha value is -1.49. The molecule has 0 aromatic heterocycles. The predicted octanol–water partition coefficient (Wildman–Crippen LogP) is 1.46. The Morgan fingerprint density at radius 2 is 2.17 bits per heavy atom. The van der Waals surface area contributed by atoms with Crippen LogP contribution in [-0.2, 0) is 11.2 Å². The largest absolute Gasteiger partial charge is 0.338 e. The molecule has 0 radical (unpaired) electrons. The Morgan fingerprint density at radius 3 is 2.72 bits per heavy atom. The van der Waals surface area contributed by atoms with Crippen LogP contribution >= 0.6 is 0 Å². The molecule has 1 aromatic rings. The second-order valence-electron chi connectivity index (χ2n) is 4.71. The molecule has 3 nitrogen and oxygen atoms in total. The van der Waals surface area contributed by atoms with Crippen LogP contribution < -0.4 is 5.73 Å². The van der Waals surface area contributed by atoms with Crippen LogP contribution in [0.3, 0.4) is 0 Å². The fraction of sp³-hybridized carbons (Fsp3) is 0.462.